The second-order valence-electron chi connectivity index (χ2n) is 3.85. The quantitative estimate of drug-likeness (QED) is 0.848. The lowest BCUT2D eigenvalue weighted by Gasteiger charge is -2.08. The summed E-state index contributed by atoms with van der Waals surface area (Å²) < 4.78 is 42.5. The molecule has 0 radical (unpaired) electrons. The van der Waals surface area contributed by atoms with Crippen LogP contribution >= 0.6 is 0 Å². The molecule has 0 unspecified atom stereocenters. The molecule has 0 aliphatic rings. The molecule has 0 aliphatic carbocycles. The van der Waals surface area contributed by atoms with Gasteiger partial charge >= 0.3 is 12.1 Å². The molecule has 0 saturated carbocycles. The smallest absolute Gasteiger partial charge is 0.416 e. The number of aromatic amines is 1. The molecule has 1 aromatic heterocycles. The molecule has 0 aliphatic heterocycles. The number of hydrogen-bond donors (Lipinski definition) is 1. The summed E-state index contributed by atoms with van der Waals surface area (Å²) in [7, 11) is 1.21. The van der Waals surface area contributed by atoms with E-state index < -0.39 is 17.7 Å². The number of ether oxygens (including phenoxy) is 1. The Morgan fingerprint density at radius 1 is 1.26 bits per heavy atom. The highest BCUT2D eigenvalue weighted by molar-refractivity contribution is 5.97. The molecular weight excluding hydrogens is 259 g/mol. The van der Waals surface area contributed by atoms with Crippen LogP contribution in [0.4, 0.5) is 13.2 Å². The van der Waals surface area contributed by atoms with Gasteiger partial charge in [0.1, 0.15) is 0 Å². The highest BCUT2D eigenvalue weighted by Crippen LogP contribution is 2.33. The van der Waals surface area contributed by atoms with Gasteiger partial charge in [-0.25, -0.2) is 4.79 Å². The second-order valence-corrected chi connectivity index (χ2v) is 3.85. The maximum Gasteiger partial charge on any atom is 0.416 e. The van der Waals surface area contributed by atoms with Crippen molar-refractivity contribution < 1.29 is 22.7 Å². The summed E-state index contributed by atoms with van der Waals surface area (Å²) in [6, 6.07) is 4.78. The lowest BCUT2D eigenvalue weighted by Crippen LogP contribution is -2.05. The van der Waals surface area contributed by atoms with E-state index in [0.29, 0.717) is 11.1 Å². The van der Waals surface area contributed by atoms with Gasteiger partial charge in [-0.05, 0) is 17.7 Å². The van der Waals surface area contributed by atoms with Crippen molar-refractivity contribution in [2.75, 3.05) is 7.11 Å². The fourth-order valence-corrected chi connectivity index (χ4v) is 1.74. The summed E-state index contributed by atoms with van der Waals surface area (Å²) in [6.45, 7) is 0. The average Bonchev–Trinajstić information content (AvgIpc) is 2.86. The second kappa shape index (κ2) is 4.79. The number of nitrogens with one attached hydrogen (secondary N) is 1. The maximum absolute atomic E-state index is 12.6. The first-order chi connectivity index (χ1) is 8.93. The Bertz CT molecular complexity index is 602. The van der Waals surface area contributed by atoms with Gasteiger partial charge in [0.05, 0.1) is 18.2 Å². The molecule has 19 heavy (non-hydrogen) atoms. The van der Waals surface area contributed by atoms with E-state index in [4.69, 9.17) is 0 Å². The van der Waals surface area contributed by atoms with Gasteiger partial charge in [-0.3, -0.25) is 0 Å². The summed E-state index contributed by atoms with van der Waals surface area (Å²) in [5, 5.41) is 0. The minimum atomic E-state index is -4.42. The molecule has 3 nitrogen and oxygen atoms in total. The van der Waals surface area contributed by atoms with Gasteiger partial charge in [0.2, 0.25) is 0 Å². The van der Waals surface area contributed by atoms with E-state index in [1.165, 1.54) is 31.6 Å². The first kappa shape index (κ1) is 13.2. The van der Waals surface area contributed by atoms with Crippen LogP contribution in [0.5, 0.6) is 0 Å². The number of methoxy groups -OCH3 is 1. The number of halogens is 3. The number of esters is 1. The van der Waals surface area contributed by atoms with Gasteiger partial charge in [0.15, 0.2) is 0 Å². The zero-order chi connectivity index (χ0) is 14.0. The van der Waals surface area contributed by atoms with E-state index in [9.17, 15) is 18.0 Å². The predicted molar refractivity (Wildman–Crippen MR) is 62.6 cm³/mol. The Hall–Kier alpha value is -2.24. The molecule has 1 aromatic carbocycles. The van der Waals surface area contributed by atoms with Crippen molar-refractivity contribution in [3.05, 3.63) is 47.8 Å². The van der Waals surface area contributed by atoms with E-state index in [1.54, 1.807) is 0 Å². The van der Waals surface area contributed by atoms with Gasteiger partial charge in [-0.1, -0.05) is 12.1 Å². The molecule has 0 spiro atoms. The summed E-state index contributed by atoms with van der Waals surface area (Å²) in [4.78, 5) is 14.2. The van der Waals surface area contributed by atoms with Crippen molar-refractivity contribution in [3.63, 3.8) is 0 Å². The summed E-state index contributed by atoms with van der Waals surface area (Å²) in [6.07, 6.45) is -1.57. The van der Waals surface area contributed by atoms with Crippen molar-refractivity contribution in [2.45, 2.75) is 6.18 Å². The number of alkyl halides is 3. The summed E-state index contributed by atoms with van der Waals surface area (Å²) >= 11 is 0. The van der Waals surface area contributed by atoms with Gasteiger partial charge in [-0.2, -0.15) is 13.2 Å². The minimum Gasteiger partial charge on any atom is -0.465 e. The van der Waals surface area contributed by atoms with E-state index in [1.807, 2.05) is 0 Å². The van der Waals surface area contributed by atoms with Crippen LogP contribution in [0.2, 0.25) is 0 Å². The first-order valence-corrected chi connectivity index (χ1v) is 5.36. The van der Waals surface area contributed by atoms with Crippen molar-refractivity contribution in [1.82, 2.24) is 4.98 Å². The van der Waals surface area contributed by atoms with Crippen molar-refractivity contribution in [3.8, 4) is 11.1 Å². The molecule has 1 N–H and O–H groups in total. The number of carbonyl (C=O) groups excluding carboxylic acids is 1. The largest absolute Gasteiger partial charge is 0.465 e. The Balaban J connectivity index is 2.49. The average molecular weight is 269 g/mol. The molecular formula is C13H10F3NO2. The number of benzene rings is 1. The molecule has 2 rings (SSSR count). The van der Waals surface area contributed by atoms with Crippen LogP contribution in [0.1, 0.15) is 15.9 Å². The number of hydrogen-bond acceptors (Lipinski definition) is 2. The zero-order valence-electron chi connectivity index (χ0n) is 9.91. The van der Waals surface area contributed by atoms with Crippen LogP contribution in [0.3, 0.4) is 0 Å². The van der Waals surface area contributed by atoms with Crippen LogP contribution in [-0.4, -0.2) is 18.1 Å². The molecule has 0 saturated heterocycles. The van der Waals surface area contributed by atoms with Crippen molar-refractivity contribution in [2.24, 2.45) is 0 Å². The molecule has 0 atom stereocenters. The third-order valence-corrected chi connectivity index (χ3v) is 2.65. The third-order valence-electron chi connectivity index (χ3n) is 2.65. The predicted octanol–water partition coefficient (Wildman–Crippen LogP) is 3.49. The maximum atomic E-state index is 12.6. The fraction of sp³-hybridized carbons (Fsp3) is 0.154. The van der Waals surface area contributed by atoms with Gasteiger partial charge in [0.25, 0.3) is 0 Å². The molecule has 6 heteroatoms. The normalized spacial score (nSPS) is 11.4. The molecule has 0 fully saturated rings. The Labute approximate surface area is 107 Å². The summed E-state index contributed by atoms with van der Waals surface area (Å²) in [5.41, 5.74) is 0.110. The van der Waals surface area contributed by atoms with Crippen LogP contribution < -0.4 is 0 Å². The Morgan fingerprint density at radius 3 is 2.63 bits per heavy atom. The zero-order valence-corrected chi connectivity index (χ0v) is 9.91. The third kappa shape index (κ3) is 2.62. The topological polar surface area (TPSA) is 42.1 Å². The van der Waals surface area contributed by atoms with Crippen LogP contribution in [0, 0.1) is 0 Å². The van der Waals surface area contributed by atoms with E-state index in [0.717, 1.165) is 12.1 Å². The SMILES string of the molecule is COC(=O)c1c[nH]cc1-c1cccc(C(F)(F)F)c1. The highest BCUT2D eigenvalue weighted by atomic mass is 19.4. The van der Waals surface area contributed by atoms with Gasteiger partial charge in [0, 0.05) is 18.0 Å². The van der Waals surface area contributed by atoms with Crippen LogP contribution in [0.15, 0.2) is 36.7 Å². The van der Waals surface area contributed by atoms with E-state index in [2.05, 4.69) is 9.72 Å². The molecule has 2 aromatic rings. The minimum absolute atomic E-state index is 0.196. The summed E-state index contributed by atoms with van der Waals surface area (Å²) in [5.74, 6) is -0.603. The Kier molecular flexibility index (Phi) is 3.33. The standard InChI is InChI=1S/C13H10F3NO2/c1-19-12(18)11-7-17-6-10(11)8-3-2-4-9(5-8)13(14,15)16/h2-7,17H,1H3. The fourth-order valence-electron chi connectivity index (χ4n) is 1.74. The lowest BCUT2D eigenvalue weighted by molar-refractivity contribution is -0.137. The van der Waals surface area contributed by atoms with Gasteiger partial charge in [-0.15, -0.1) is 0 Å². The molecule has 0 bridgehead atoms. The molecule has 0 amide bonds. The van der Waals surface area contributed by atoms with E-state index in [-0.39, 0.29) is 5.56 Å². The number of H-pyrrole nitrogens is 1. The molecule has 1 heterocycles. The number of aromatic nitrogens is 1. The van der Waals surface area contributed by atoms with Crippen LogP contribution in [-0.2, 0) is 10.9 Å². The Morgan fingerprint density at radius 2 is 2.00 bits per heavy atom. The number of carbonyl (C=O) groups is 1. The van der Waals surface area contributed by atoms with Crippen molar-refractivity contribution in [1.29, 1.82) is 0 Å². The molecule has 100 valence electrons. The monoisotopic (exact) mass is 269 g/mol. The van der Waals surface area contributed by atoms with E-state index >= 15 is 0 Å². The lowest BCUT2D eigenvalue weighted by atomic mass is 10.0. The first-order valence-electron chi connectivity index (χ1n) is 5.36. The van der Waals surface area contributed by atoms with Gasteiger partial charge < -0.3 is 9.72 Å². The highest BCUT2D eigenvalue weighted by Gasteiger charge is 2.30. The number of rotatable bonds is 2. The van der Waals surface area contributed by atoms with Crippen molar-refractivity contribution >= 4 is 5.97 Å². The van der Waals surface area contributed by atoms with Crippen LogP contribution in [0.25, 0.3) is 11.1 Å².